The van der Waals surface area contributed by atoms with Crippen LogP contribution in [0.4, 0.5) is 5.82 Å². The third-order valence-corrected chi connectivity index (χ3v) is 7.24. The Balaban J connectivity index is 1.65. The van der Waals surface area contributed by atoms with Crippen LogP contribution in [0.25, 0.3) is 10.2 Å². The van der Waals surface area contributed by atoms with Gasteiger partial charge in [0.1, 0.15) is 11.2 Å². The number of aromatic nitrogens is 2. The smallest absolute Gasteiger partial charge is 0.158 e. The summed E-state index contributed by atoms with van der Waals surface area (Å²) < 4.78 is 0. The van der Waals surface area contributed by atoms with Gasteiger partial charge in [-0.2, -0.15) is 5.10 Å². The minimum Gasteiger partial charge on any atom is -0.261 e. The number of anilines is 1. The minimum absolute atomic E-state index is 0.362. The number of hydrogen-bond donors (Lipinski definition) is 1. The average Bonchev–Trinajstić information content (AvgIpc) is 3.07. The Kier molecular flexibility index (Phi) is 4.96. The largest absolute Gasteiger partial charge is 0.261 e. The highest BCUT2D eigenvalue weighted by atomic mass is 32.1. The zero-order valence-corrected chi connectivity index (χ0v) is 17.0. The molecule has 27 heavy (non-hydrogen) atoms. The van der Waals surface area contributed by atoms with Crippen LogP contribution in [0, 0.1) is 11.3 Å². The number of hydrogen-bond acceptors (Lipinski definition) is 5. The number of thiophene rings is 1. The fourth-order valence-corrected chi connectivity index (χ4v) is 5.04. The van der Waals surface area contributed by atoms with Crippen molar-refractivity contribution in [2.75, 3.05) is 5.43 Å². The second-order valence-corrected chi connectivity index (χ2v) is 9.05. The van der Waals surface area contributed by atoms with Crippen LogP contribution in [0.1, 0.15) is 49.6 Å². The number of hydrazone groups is 1. The number of aryl methyl sites for hydroxylation is 1. The first-order valence-corrected chi connectivity index (χ1v) is 10.5. The van der Waals surface area contributed by atoms with Crippen LogP contribution in [0.3, 0.4) is 0 Å². The van der Waals surface area contributed by atoms with Crippen molar-refractivity contribution in [2.45, 2.75) is 46.5 Å². The van der Waals surface area contributed by atoms with Crippen LogP contribution in [0.2, 0.25) is 0 Å². The molecule has 1 aromatic carbocycles. The molecule has 0 saturated heterocycles. The molecular weight excluding hydrogens is 352 g/mol. The normalized spacial score (nSPS) is 17.4. The summed E-state index contributed by atoms with van der Waals surface area (Å²) in [5.41, 5.74) is 6.03. The second-order valence-electron chi connectivity index (χ2n) is 7.97. The van der Waals surface area contributed by atoms with Crippen LogP contribution in [-0.4, -0.2) is 16.2 Å². The van der Waals surface area contributed by atoms with Crippen LogP contribution < -0.4 is 5.43 Å². The van der Waals surface area contributed by atoms with Gasteiger partial charge in [-0.25, -0.2) is 9.97 Å². The van der Waals surface area contributed by atoms with Gasteiger partial charge in [0.2, 0.25) is 0 Å². The van der Waals surface area contributed by atoms with Crippen LogP contribution in [0.15, 0.2) is 41.8 Å². The molecule has 0 aliphatic heterocycles. The molecule has 0 fully saturated rings. The van der Waals surface area contributed by atoms with E-state index in [-0.39, 0.29) is 0 Å². The van der Waals surface area contributed by atoms with Gasteiger partial charge < -0.3 is 0 Å². The summed E-state index contributed by atoms with van der Waals surface area (Å²) in [6, 6.07) is 10.1. The zero-order valence-electron chi connectivity index (χ0n) is 16.2. The van der Waals surface area contributed by atoms with Crippen molar-refractivity contribution < 1.29 is 0 Å². The summed E-state index contributed by atoms with van der Waals surface area (Å²) in [6.45, 7) is 7.10. The van der Waals surface area contributed by atoms with E-state index in [0.717, 1.165) is 29.1 Å². The molecule has 2 heterocycles. The molecular formula is C22H26N4S. The summed E-state index contributed by atoms with van der Waals surface area (Å²) in [5.74, 6) is 1.52. The minimum atomic E-state index is 0.362. The maximum absolute atomic E-state index is 4.54. The highest BCUT2D eigenvalue weighted by molar-refractivity contribution is 7.19. The Hall–Kier alpha value is -2.27. The predicted octanol–water partition coefficient (Wildman–Crippen LogP) is 5.68. The molecule has 0 spiro atoms. The van der Waals surface area contributed by atoms with Crippen LogP contribution in [0.5, 0.6) is 0 Å². The fourth-order valence-electron chi connectivity index (χ4n) is 3.86. The lowest BCUT2D eigenvalue weighted by atomic mass is 9.69. The first-order valence-electron chi connectivity index (χ1n) is 9.68. The van der Waals surface area contributed by atoms with Gasteiger partial charge in [0.05, 0.1) is 11.6 Å². The molecule has 4 nitrogen and oxygen atoms in total. The number of benzene rings is 1. The lowest BCUT2D eigenvalue weighted by Gasteiger charge is -2.36. The van der Waals surface area contributed by atoms with E-state index in [0.29, 0.717) is 11.3 Å². The SMILES string of the molecule is CCC(C)(C)[C@@H]1CCc2sc3ncnc(N/N=C\c4ccccc4)c3c2C1. The Morgan fingerprint density at radius 1 is 1.26 bits per heavy atom. The molecule has 0 bridgehead atoms. The standard InChI is InChI=1S/C22H26N4S/c1-4-22(2,3)16-10-11-18-17(12-16)19-20(23-14-24-21(19)27-18)26-25-13-15-8-6-5-7-9-15/h5-9,13-14,16H,4,10-12H2,1-3H3,(H,23,24,26)/b25-13-/t16-/m1/s1. The topological polar surface area (TPSA) is 50.2 Å². The molecule has 0 amide bonds. The van der Waals surface area contributed by atoms with Crippen molar-refractivity contribution in [3.05, 3.63) is 52.7 Å². The first kappa shape index (κ1) is 18.1. The third kappa shape index (κ3) is 3.61. The molecule has 1 N–H and O–H groups in total. The number of nitrogens with one attached hydrogen (secondary N) is 1. The maximum atomic E-state index is 4.54. The highest BCUT2D eigenvalue weighted by Crippen LogP contribution is 2.45. The van der Waals surface area contributed by atoms with E-state index >= 15 is 0 Å². The van der Waals surface area contributed by atoms with E-state index in [9.17, 15) is 0 Å². The monoisotopic (exact) mass is 378 g/mol. The molecule has 2 aromatic heterocycles. The average molecular weight is 379 g/mol. The number of rotatable bonds is 5. The molecule has 0 unspecified atom stereocenters. The molecule has 5 heteroatoms. The number of nitrogens with zero attached hydrogens (tertiary/aromatic N) is 3. The first-order chi connectivity index (χ1) is 13.1. The van der Waals surface area contributed by atoms with Gasteiger partial charge in [0.15, 0.2) is 5.82 Å². The predicted molar refractivity (Wildman–Crippen MR) is 115 cm³/mol. The van der Waals surface area contributed by atoms with Crippen LogP contribution in [-0.2, 0) is 12.8 Å². The summed E-state index contributed by atoms with van der Waals surface area (Å²) in [6.07, 6.45) is 8.20. The summed E-state index contributed by atoms with van der Waals surface area (Å²) in [7, 11) is 0. The Morgan fingerprint density at radius 3 is 2.85 bits per heavy atom. The van der Waals surface area contributed by atoms with Gasteiger partial charge in [0.25, 0.3) is 0 Å². The van der Waals surface area contributed by atoms with E-state index < -0.39 is 0 Å². The van der Waals surface area contributed by atoms with Crippen LogP contribution >= 0.6 is 11.3 Å². The lowest BCUT2D eigenvalue weighted by Crippen LogP contribution is -2.28. The zero-order chi connectivity index (χ0) is 18.9. The molecule has 3 aromatic rings. The number of fused-ring (bicyclic) bond motifs is 3. The van der Waals surface area contributed by atoms with Crippen molar-refractivity contribution in [1.82, 2.24) is 9.97 Å². The lowest BCUT2D eigenvalue weighted by molar-refractivity contribution is 0.184. The molecule has 0 saturated carbocycles. The van der Waals surface area contributed by atoms with Crippen molar-refractivity contribution >= 4 is 33.6 Å². The van der Waals surface area contributed by atoms with Crippen molar-refractivity contribution in [1.29, 1.82) is 0 Å². The second kappa shape index (κ2) is 7.39. The van der Waals surface area contributed by atoms with Crippen molar-refractivity contribution in [3.63, 3.8) is 0 Å². The maximum Gasteiger partial charge on any atom is 0.158 e. The summed E-state index contributed by atoms with van der Waals surface area (Å²) >= 11 is 1.82. The van der Waals surface area contributed by atoms with Gasteiger partial charge in [-0.3, -0.25) is 5.43 Å². The molecule has 1 atom stereocenters. The summed E-state index contributed by atoms with van der Waals surface area (Å²) in [5, 5.41) is 5.58. The summed E-state index contributed by atoms with van der Waals surface area (Å²) in [4.78, 5) is 11.6. The Labute approximate surface area is 164 Å². The van der Waals surface area contributed by atoms with E-state index in [4.69, 9.17) is 0 Å². The van der Waals surface area contributed by atoms with E-state index in [1.165, 1.54) is 28.7 Å². The quantitative estimate of drug-likeness (QED) is 0.459. The van der Waals surface area contributed by atoms with Gasteiger partial charge >= 0.3 is 0 Å². The van der Waals surface area contributed by atoms with Crippen molar-refractivity contribution in [2.24, 2.45) is 16.4 Å². The highest BCUT2D eigenvalue weighted by Gasteiger charge is 2.33. The Bertz CT molecular complexity index is 959. The molecule has 4 rings (SSSR count). The van der Waals surface area contributed by atoms with Gasteiger partial charge in [-0.05, 0) is 41.7 Å². The molecule has 1 aliphatic carbocycles. The van der Waals surface area contributed by atoms with E-state index in [2.05, 4.69) is 41.3 Å². The molecule has 140 valence electrons. The molecule has 0 radical (unpaired) electrons. The third-order valence-electron chi connectivity index (χ3n) is 6.04. The van der Waals surface area contributed by atoms with Gasteiger partial charge in [-0.1, -0.05) is 57.5 Å². The van der Waals surface area contributed by atoms with Gasteiger partial charge in [0, 0.05) is 4.88 Å². The van der Waals surface area contributed by atoms with Crippen molar-refractivity contribution in [3.8, 4) is 0 Å². The molecule has 1 aliphatic rings. The van der Waals surface area contributed by atoms with Gasteiger partial charge in [-0.15, -0.1) is 11.3 Å². The van der Waals surface area contributed by atoms with E-state index in [1.54, 1.807) is 6.33 Å². The fraction of sp³-hybridized carbons (Fsp3) is 0.409. The Morgan fingerprint density at radius 2 is 2.07 bits per heavy atom. The van der Waals surface area contributed by atoms with E-state index in [1.807, 2.05) is 47.9 Å².